The second kappa shape index (κ2) is 8.68. The number of nitrogens with zero attached hydrogens (tertiary/aromatic N) is 1. The van der Waals surface area contributed by atoms with Crippen LogP contribution >= 0.6 is 11.3 Å². The van der Waals surface area contributed by atoms with Gasteiger partial charge in [-0.05, 0) is 50.1 Å². The topological polar surface area (TPSA) is 71.5 Å². The molecule has 0 bridgehead atoms. The Morgan fingerprint density at radius 1 is 1.11 bits per heavy atom. The monoisotopic (exact) mass is 382 g/mol. The fourth-order valence-electron chi connectivity index (χ4n) is 2.57. The second-order valence-electron chi connectivity index (χ2n) is 6.30. The molecule has 0 aliphatic rings. The van der Waals surface area contributed by atoms with E-state index in [0.29, 0.717) is 30.1 Å². The first-order valence-electron chi connectivity index (χ1n) is 8.73. The highest BCUT2D eigenvalue weighted by atomic mass is 32.1. The van der Waals surface area contributed by atoms with Crippen molar-refractivity contribution in [3.05, 3.63) is 75.2 Å². The number of amides is 1. The maximum Gasteiger partial charge on any atom is 0.263 e. The molecule has 3 aromatic rings. The normalized spacial score (nSPS) is 10.6. The highest BCUT2D eigenvalue weighted by Crippen LogP contribution is 2.20. The van der Waals surface area contributed by atoms with Crippen LogP contribution in [0.3, 0.4) is 0 Å². The van der Waals surface area contributed by atoms with Crippen LogP contribution in [-0.2, 0) is 13.0 Å². The van der Waals surface area contributed by atoms with Crippen LogP contribution in [0.2, 0.25) is 0 Å². The van der Waals surface area contributed by atoms with Crippen molar-refractivity contribution in [3.63, 3.8) is 0 Å². The van der Waals surface area contributed by atoms with E-state index in [4.69, 9.17) is 4.74 Å². The zero-order valence-electron chi connectivity index (χ0n) is 15.4. The summed E-state index contributed by atoms with van der Waals surface area (Å²) in [5, 5.41) is 13.0. The molecule has 1 aromatic heterocycles. The quantitative estimate of drug-likeness (QED) is 0.647. The molecule has 1 heterocycles. The number of aryl methyl sites for hydroxylation is 2. The number of rotatable bonds is 7. The summed E-state index contributed by atoms with van der Waals surface area (Å²) in [7, 11) is 0. The third-order valence-corrected chi connectivity index (χ3v) is 5.20. The van der Waals surface area contributed by atoms with Crippen LogP contribution in [0.1, 0.15) is 31.5 Å². The van der Waals surface area contributed by atoms with Crippen molar-refractivity contribution in [2.24, 2.45) is 0 Å². The van der Waals surface area contributed by atoms with Crippen LogP contribution in [0.25, 0.3) is 0 Å². The molecule has 2 aromatic carbocycles. The first-order valence-corrected chi connectivity index (χ1v) is 9.55. The number of hydrogen-bond acceptors (Lipinski definition) is 5. The smallest absolute Gasteiger partial charge is 0.263 e. The van der Waals surface area contributed by atoms with E-state index in [2.05, 4.69) is 10.3 Å². The molecule has 1 amide bonds. The molecule has 5 nitrogen and oxygen atoms in total. The lowest BCUT2D eigenvalue weighted by atomic mass is 10.1. The van der Waals surface area contributed by atoms with Crippen LogP contribution in [0.5, 0.6) is 11.5 Å². The number of hydrogen-bond donors (Lipinski definition) is 2. The highest BCUT2D eigenvalue weighted by Gasteiger charge is 2.15. The summed E-state index contributed by atoms with van der Waals surface area (Å²) in [6, 6.07) is 14.8. The molecule has 0 unspecified atom stereocenters. The zero-order valence-corrected chi connectivity index (χ0v) is 16.2. The predicted octanol–water partition coefficient (Wildman–Crippen LogP) is 4.02. The van der Waals surface area contributed by atoms with Gasteiger partial charge >= 0.3 is 0 Å². The lowest BCUT2D eigenvalue weighted by Crippen LogP contribution is -2.25. The standard InChI is InChI=1S/C21H22N2O3S/c1-14-3-9-18(10-4-14)26-13-19-23-15(2)20(27-19)21(25)22-12-11-16-5-7-17(24)8-6-16/h3-10,24H,11-13H2,1-2H3,(H,22,25). The predicted molar refractivity (Wildman–Crippen MR) is 107 cm³/mol. The van der Waals surface area contributed by atoms with Crippen LogP contribution in [-0.4, -0.2) is 22.5 Å². The van der Waals surface area contributed by atoms with Gasteiger partial charge in [-0.3, -0.25) is 4.79 Å². The number of phenolic OH excluding ortho intramolecular Hbond substituents is 1. The molecular weight excluding hydrogens is 360 g/mol. The van der Waals surface area contributed by atoms with Gasteiger partial charge in [-0.15, -0.1) is 11.3 Å². The fourth-order valence-corrected chi connectivity index (χ4v) is 3.46. The van der Waals surface area contributed by atoms with Gasteiger partial charge in [-0.1, -0.05) is 29.8 Å². The van der Waals surface area contributed by atoms with Gasteiger partial charge in [0.15, 0.2) is 0 Å². The van der Waals surface area contributed by atoms with Gasteiger partial charge in [0.2, 0.25) is 0 Å². The van der Waals surface area contributed by atoms with Crippen LogP contribution in [0.4, 0.5) is 0 Å². The number of carbonyl (C=O) groups is 1. The number of nitrogens with one attached hydrogen (secondary N) is 1. The summed E-state index contributed by atoms with van der Waals surface area (Å²) in [4.78, 5) is 17.5. The number of phenols is 1. The minimum Gasteiger partial charge on any atom is -0.508 e. The van der Waals surface area contributed by atoms with Gasteiger partial charge < -0.3 is 15.2 Å². The Kier molecular flexibility index (Phi) is 6.08. The average Bonchev–Trinajstić information content (AvgIpc) is 3.03. The van der Waals surface area contributed by atoms with Crippen molar-refractivity contribution in [1.82, 2.24) is 10.3 Å². The molecule has 0 saturated heterocycles. The van der Waals surface area contributed by atoms with Crippen molar-refractivity contribution in [3.8, 4) is 11.5 Å². The van der Waals surface area contributed by atoms with E-state index in [1.54, 1.807) is 12.1 Å². The third-order valence-electron chi connectivity index (χ3n) is 4.07. The van der Waals surface area contributed by atoms with Gasteiger partial charge in [-0.25, -0.2) is 4.98 Å². The number of aromatic nitrogens is 1. The summed E-state index contributed by atoms with van der Waals surface area (Å²) < 4.78 is 5.74. The molecule has 0 aliphatic heterocycles. The molecule has 0 saturated carbocycles. The Bertz CT molecular complexity index is 902. The fraction of sp³-hybridized carbons (Fsp3) is 0.238. The number of carbonyl (C=O) groups excluding carboxylic acids is 1. The summed E-state index contributed by atoms with van der Waals surface area (Å²) >= 11 is 1.36. The molecule has 0 atom stereocenters. The van der Waals surface area contributed by atoms with E-state index >= 15 is 0 Å². The molecule has 0 aliphatic carbocycles. The molecule has 0 spiro atoms. The van der Waals surface area contributed by atoms with Crippen molar-refractivity contribution < 1.29 is 14.6 Å². The second-order valence-corrected chi connectivity index (χ2v) is 7.38. The first-order chi connectivity index (χ1) is 13.0. The molecular formula is C21H22N2O3S. The molecule has 3 rings (SSSR count). The maximum atomic E-state index is 12.4. The minimum absolute atomic E-state index is 0.120. The summed E-state index contributed by atoms with van der Waals surface area (Å²) in [6.45, 7) is 4.73. The zero-order chi connectivity index (χ0) is 19.2. The van der Waals surface area contributed by atoms with Gasteiger partial charge in [0.1, 0.15) is 28.0 Å². The number of thiazole rings is 1. The number of benzene rings is 2. The van der Waals surface area contributed by atoms with Crippen molar-refractivity contribution in [2.75, 3.05) is 6.54 Å². The van der Waals surface area contributed by atoms with Gasteiger partial charge in [0.05, 0.1) is 5.69 Å². The maximum absolute atomic E-state index is 12.4. The Labute approximate surface area is 162 Å². The molecule has 0 radical (unpaired) electrons. The first kappa shape index (κ1) is 18.9. The van der Waals surface area contributed by atoms with Crippen molar-refractivity contribution in [1.29, 1.82) is 0 Å². The van der Waals surface area contributed by atoms with E-state index in [1.807, 2.05) is 50.2 Å². The van der Waals surface area contributed by atoms with Crippen molar-refractivity contribution in [2.45, 2.75) is 26.9 Å². The third kappa shape index (κ3) is 5.31. The Balaban J connectivity index is 1.52. The summed E-state index contributed by atoms with van der Waals surface area (Å²) in [6.07, 6.45) is 0.702. The van der Waals surface area contributed by atoms with Gasteiger partial charge in [0.25, 0.3) is 5.91 Å². The van der Waals surface area contributed by atoms with Crippen LogP contribution in [0.15, 0.2) is 48.5 Å². The molecule has 140 valence electrons. The Morgan fingerprint density at radius 3 is 2.52 bits per heavy atom. The van der Waals surface area contributed by atoms with E-state index in [0.717, 1.165) is 16.3 Å². The lowest BCUT2D eigenvalue weighted by Gasteiger charge is -2.05. The van der Waals surface area contributed by atoms with E-state index < -0.39 is 0 Å². The van der Waals surface area contributed by atoms with E-state index in [9.17, 15) is 9.90 Å². The van der Waals surface area contributed by atoms with Crippen molar-refractivity contribution >= 4 is 17.2 Å². The number of ether oxygens (including phenoxy) is 1. The minimum atomic E-state index is -0.120. The molecule has 2 N–H and O–H groups in total. The van der Waals surface area contributed by atoms with E-state index in [-0.39, 0.29) is 11.7 Å². The molecule has 27 heavy (non-hydrogen) atoms. The summed E-state index contributed by atoms with van der Waals surface area (Å²) in [5.41, 5.74) is 2.95. The SMILES string of the molecule is Cc1ccc(OCc2nc(C)c(C(=O)NCCc3ccc(O)cc3)s2)cc1. The van der Waals surface area contributed by atoms with Gasteiger partial charge in [0, 0.05) is 6.54 Å². The lowest BCUT2D eigenvalue weighted by molar-refractivity contribution is 0.0957. The number of aromatic hydroxyl groups is 1. The average molecular weight is 382 g/mol. The van der Waals surface area contributed by atoms with Crippen LogP contribution < -0.4 is 10.1 Å². The Hall–Kier alpha value is -2.86. The highest BCUT2D eigenvalue weighted by molar-refractivity contribution is 7.13. The summed E-state index contributed by atoms with van der Waals surface area (Å²) in [5.74, 6) is 0.905. The largest absolute Gasteiger partial charge is 0.508 e. The van der Waals surface area contributed by atoms with Gasteiger partial charge in [-0.2, -0.15) is 0 Å². The molecule has 0 fully saturated rings. The van der Waals surface area contributed by atoms with E-state index in [1.165, 1.54) is 16.9 Å². The Morgan fingerprint density at radius 2 is 1.81 bits per heavy atom. The van der Waals surface area contributed by atoms with Crippen LogP contribution in [0, 0.1) is 13.8 Å². The molecule has 6 heteroatoms.